The molecule has 0 fully saturated rings. The van der Waals surface area contributed by atoms with Crippen molar-refractivity contribution in [2.45, 2.75) is 11.8 Å². The topological polar surface area (TPSA) is 79.8 Å². The molecule has 0 spiro atoms. The summed E-state index contributed by atoms with van der Waals surface area (Å²) in [6.45, 7) is 3.46. The van der Waals surface area contributed by atoms with Crippen LogP contribution in [0.25, 0.3) is 10.2 Å². The number of sulfone groups is 1. The Kier molecular flexibility index (Phi) is 8.41. The van der Waals surface area contributed by atoms with Gasteiger partial charge in [-0.05, 0) is 51.4 Å². The van der Waals surface area contributed by atoms with Gasteiger partial charge in [-0.15, -0.1) is 12.4 Å². The van der Waals surface area contributed by atoms with Crippen LogP contribution >= 0.6 is 23.7 Å². The van der Waals surface area contributed by atoms with E-state index in [0.717, 1.165) is 22.2 Å². The molecule has 0 saturated heterocycles. The van der Waals surface area contributed by atoms with Crippen molar-refractivity contribution in [1.29, 1.82) is 0 Å². The molecule has 0 radical (unpaired) electrons. The first-order valence-electron chi connectivity index (χ1n) is 9.49. The van der Waals surface area contributed by atoms with Gasteiger partial charge in [-0.25, -0.2) is 13.4 Å². The summed E-state index contributed by atoms with van der Waals surface area (Å²) in [5.41, 5.74) is 0.908. The van der Waals surface area contributed by atoms with Gasteiger partial charge in [0.1, 0.15) is 5.75 Å². The van der Waals surface area contributed by atoms with Crippen LogP contribution in [0.2, 0.25) is 0 Å². The number of likely N-dealkylation sites (N-methyl/N-ethyl adjacent to an activating group) is 1. The molecule has 7 nitrogen and oxygen atoms in total. The van der Waals surface area contributed by atoms with E-state index >= 15 is 0 Å². The van der Waals surface area contributed by atoms with E-state index in [1.54, 1.807) is 23.1 Å². The minimum absolute atomic E-state index is 0. The predicted molar refractivity (Wildman–Crippen MR) is 128 cm³/mol. The van der Waals surface area contributed by atoms with Crippen LogP contribution in [-0.2, 0) is 9.84 Å². The maximum Gasteiger partial charge on any atom is 0.261 e. The number of nitrogens with zero attached hydrogens (tertiary/aromatic N) is 3. The quantitative estimate of drug-likeness (QED) is 0.485. The Morgan fingerprint density at radius 3 is 2.48 bits per heavy atom. The standard InChI is InChI=1S/C21H25N3O4S2.ClH/c1-5-28-15-10-11-17-18(14-15)29-21(22-17)24(13-12-23(2)3)20(25)16-8-6-7-9-19(16)30(4,26)27;/h6-11,14H,5,12-13H2,1-4H3;1H. The molecule has 31 heavy (non-hydrogen) atoms. The van der Waals surface area contributed by atoms with E-state index < -0.39 is 9.84 Å². The molecule has 0 aliphatic heterocycles. The Balaban J connectivity index is 0.00000341. The molecule has 0 aliphatic rings. The minimum atomic E-state index is -3.55. The summed E-state index contributed by atoms with van der Waals surface area (Å²) >= 11 is 1.38. The third-order valence-electron chi connectivity index (χ3n) is 4.42. The largest absolute Gasteiger partial charge is 0.494 e. The third-order valence-corrected chi connectivity index (χ3v) is 6.62. The molecule has 3 rings (SSSR count). The lowest BCUT2D eigenvalue weighted by Gasteiger charge is -2.22. The number of halogens is 1. The van der Waals surface area contributed by atoms with Crippen molar-refractivity contribution in [2.24, 2.45) is 0 Å². The normalized spacial score (nSPS) is 11.4. The zero-order valence-electron chi connectivity index (χ0n) is 17.9. The van der Waals surface area contributed by atoms with Crippen LogP contribution in [0.5, 0.6) is 5.75 Å². The van der Waals surface area contributed by atoms with Gasteiger partial charge in [-0.2, -0.15) is 0 Å². The van der Waals surface area contributed by atoms with Crippen LogP contribution in [0.4, 0.5) is 5.13 Å². The second-order valence-corrected chi connectivity index (χ2v) is 10.1. The summed E-state index contributed by atoms with van der Waals surface area (Å²) in [4.78, 5) is 21.6. The van der Waals surface area contributed by atoms with E-state index in [0.29, 0.717) is 24.8 Å². The molecule has 2 aromatic carbocycles. The highest BCUT2D eigenvalue weighted by atomic mass is 35.5. The fourth-order valence-electron chi connectivity index (χ4n) is 2.96. The molecule has 1 heterocycles. The van der Waals surface area contributed by atoms with Gasteiger partial charge in [0.2, 0.25) is 0 Å². The van der Waals surface area contributed by atoms with Crippen LogP contribution in [0.15, 0.2) is 47.4 Å². The van der Waals surface area contributed by atoms with Gasteiger partial charge >= 0.3 is 0 Å². The van der Waals surface area contributed by atoms with Crippen LogP contribution in [0.1, 0.15) is 17.3 Å². The molecule has 3 aromatic rings. The van der Waals surface area contributed by atoms with Crippen molar-refractivity contribution >= 4 is 54.8 Å². The number of carbonyl (C=O) groups excluding carboxylic acids is 1. The zero-order valence-corrected chi connectivity index (χ0v) is 20.3. The van der Waals surface area contributed by atoms with Gasteiger partial charge in [0.15, 0.2) is 15.0 Å². The summed E-state index contributed by atoms with van der Waals surface area (Å²) in [6.07, 6.45) is 1.11. The zero-order chi connectivity index (χ0) is 21.9. The lowest BCUT2D eigenvalue weighted by Crippen LogP contribution is -2.37. The molecular weight excluding hydrogens is 458 g/mol. The Morgan fingerprint density at radius 2 is 1.84 bits per heavy atom. The number of aromatic nitrogens is 1. The van der Waals surface area contributed by atoms with E-state index in [4.69, 9.17) is 4.74 Å². The molecule has 0 N–H and O–H groups in total. The van der Waals surface area contributed by atoms with E-state index in [2.05, 4.69) is 4.98 Å². The van der Waals surface area contributed by atoms with E-state index in [1.807, 2.05) is 44.1 Å². The number of benzene rings is 2. The molecule has 0 bridgehead atoms. The number of anilines is 1. The van der Waals surface area contributed by atoms with Gasteiger partial charge in [0.05, 0.1) is 27.3 Å². The first kappa shape index (κ1) is 25.1. The first-order valence-corrected chi connectivity index (χ1v) is 12.2. The fraction of sp³-hybridized carbons (Fsp3) is 0.333. The van der Waals surface area contributed by atoms with Gasteiger partial charge in [-0.3, -0.25) is 9.69 Å². The highest BCUT2D eigenvalue weighted by molar-refractivity contribution is 7.90. The average molecular weight is 484 g/mol. The van der Waals surface area contributed by atoms with Gasteiger partial charge in [0.25, 0.3) is 5.91 Å². The summed E-state index contributed by atoms with van der Waals surface area (Å²) < 4.78 is 30.9. The van der Waals surface area contributed by atoms with E-state index in [9.17, 15) is 13.2 Å². The number of carbonyl (C=O) groups is 1. The minimum Gasteiger partial charge on any atom is -0.494 e. The number of hydrogen-bond donors (Lipinski definition) is 0. The molecule has 168 valence electrons. The lowest BCUT2D eigenvalue weighted by atomic mass is 10.2. The number of ether oxygens (including phenoxy) is 1. The number of thiazole rings is 1. The molecule has 0 unspecified atom stereocenters. The summed E-state index contributed by atoms with van der Waals surface area (Å²) in [7, 11) is 0.279. The molecule has 10 heteroatoms. The molecule has 1 amide bonds. The summed E-state index contributed by atoms with van der Waals surface area (Å²) in [5, 5.41) is 0.522. The number of fused-ring (bicyclic) bond motifs is 1. The number of hydrogen-bond acceptors (Lipinski definition) is 7. The van der Waals surface area contributed by atoms with Crippen molar-refractivity contribution in [1.82, 2.24) is 9.88 Å². The predicted octanol–water partition coefficient (Wildman–Crippen LogP) is 3.73. The van der Waals surface area contributed by atoms with Gasteiger partial charge < -0.3 is 9.64 Å². The molecule has 0 atom stereocenters. The van der Waals surface area contributed by atoms with Crippen molar-refractivity contribution in [3.8, 4) is 5.75 Å². The van der Waals surface area contributed by atoms with Crippen LogP contribution in [0, 0.1) is 0 Å². The molecular formula is C21H26ClN3O4S2. The number of rotatable bonds is 8. The summed E-state index contributed by atoms with van der Waals surface area (Å²) in [6, 6.07) is 11.9. The van der Waals surface area contributed by atoms with Crippen LogP contribution in [-0.4, -0.2) is 64.3 Å². The molecule has 1 aromatic heterocycles. The fourth-order valence-corrected chi connectivity index (χ4v) is 4.86. The maximum atomic E-state index is 13.5. The Bertz CT molecular complexity index is 1160. The van der Waals surface area contributed by atoms with Crippen molar-refractivity contribution in [3.05, 3.63) is 48.0 Å². The van der Waals surface area contributed by atoms with Crippen molar-refractivity contribution in [2.75, 3.05) is 44.9 Å². The van der Waals surface area contributed by atoms with E-state index in [1.165, 1.54) is 17.4 Å². The van der Waals surface area contributed by atoms with Gasteiger partial charge in [-0.1, -0.05) is 23.5 Å². The van der Waals surface area contributed by atoms with E-state index in [-0.39, 0.29) is 28.8 Å². The van der Waals surface area contributed by atoms with Crippen LogP contribution < -0.4 is 9.64 Å². The second kappa shape index (κ2) is 10.4. The second-order valence-electron chi connectivity index (χ2n) is 7.09. The monoisotopic (exact) mass is 483 g/mol. The van der Waals surface area contributed by atoms with Crippen molar-refractivity contribution < 1.29 is 17.9 Å². The Morgan fingerprint density at radius 1 is 1.13 bits per heavy atom. The Labute approximate surface area is 193 Å². The maximum absolute atomic E-state index is 13.5. The SMILES string of the molecule is CCOc1ccc2nc(N(CCN(C)C)C(=O)c3ccccc3S(C)(=O)=O)sc2c1.Cl. The first-order chi connectivity index (χ1) is 14.2. The highest BCUT2D eigenvalue weighted by Crippen LogP contribution is 2.32. The third kappa shape index (κ3) is 5.94. The number of amides is 1. The average Bonchev–Trinajstić information content (AvgIpc) is 3.10. The van der Waals surface area contributed by atoms with Gasteiger partial charge in [0, 0.05) is 19.3 Å². The lowest BCUT2D eigenvalue weighted by molar-refractivity contribution is 0.0982. The smallest absolute Gasteiger partial charge is 0.261 e. The van der Waals surface area contributed by atoms with Crippen LogP contribution in [0.3, 0.4) is 0 Å². The summed E-state index contributed by atoms with van der Waals surface area (Å²) in [5.74, 6) is 0.357. The Hall–Kier alpha value is -2.20. The van der Waals surface area contributed by atoms with Crippen molar-refractivity contribution in [3.63, 3.8) is 0 Å². The molecule has 0 saturated carbocycles. The molecule has 0 aliphatic carbocycles. The highest BCUT2D eigenvalue weighted by Gasteiger charge is 2.26.